The minimum Gasteiger partial charge on any atom is -0.497 e. The Balaban J connectivity index is 2.47. The molecule has 1 atom stereocenters. The van der Waals surface area contributed by atoms with E-state index < -0.39 is 0 Å². The molecule has 3 nitrogen and oxygen atoms in total. The van der Waals surface area contributed by atoms with Crippen LogP contribution in [0.4, 0.5) is 0 Å². The van der Waals surface area contributed by atoms with Crippen molar-refractivity contribution in [2.45, 2.75) is 19.6 Å². The zero-order valence-corrected chi connectivity index (χ0v) is 9.71. The summed E-state index contributed by atoms with van der Waals surface area (Å²) in [6.45, 7) is 2.34. The minimum atomic E-state index is -0.192. The fourth-order valence-corrected chi connectivity index (χ4v) is 1.09. The molecule has 0 radical (unpaired) electrons. The Bertz CT molecular complexity index is 324. The first-order valence-corrected chi connectivity index (χ1v) is 5.08. The maximum absolute atomic E-state index is 5.46. The summed E-state index contributed by atoms with van der Waals surface area (Å²) in [5, 5.41) is 0. The third-order valence-corrected chi connectivity index (χ3v) is 2.39. The van der Waals surface area contributed by atoms with Crippen LogP contribution in [-0.4, -0.2) is 18.2 Å². The molecule has 82 valence electrons. The molecular weight excluding hydrogens is 210 g/mol. The largest absolute Gasteiger partial charge is 0.497 e. The molecule has 1 rings (SSSR count). The molecule has 0 aliphatic rings. The van der Waals surface area contributed by atoms with E-state index in [1.165, 1.54) is 0 Å². The van der Waals surface area contributed by atoms with Crippen LogP contribution < -0.4 is 10.5 Å². The summed E-state index contributed by atoms with van der Waals surface area (Å²) in [6.07, 6.45) is -0.192. The molecule has 0 aliphatic carbocycles. The van der Waals surface area contributed by atoms with Crippen molar-refractivity contribution in [3.05, 3.63) is 29.8 Å². The maximum atomic E-state index is 5.46. The molecule has 1 aromatic carbocycles. The first-order valence-electron chi connectivity index (χ1n) is 4.67. The summed E-state index contributed by atoms with van der Waals surface area (Å²) < 4.78 is 10.5. The van der Waals surface area contributed by atoms with Crippen molar-refractivity contribution in [3.63, 3.8) is 0 Å². The summed E-state index contributed by atoms with van der Waals surface area (Å²) in [4.78, 5) is 0.378. The monoisotopic (exact) mass is 225 g/mol. The molecular formula is C11H15NO2S. The van der Waals surface area contributed by atoms with E-state index in [9.17, 15) is 0 Å². The first-order chi connectivity index (χ1) is 7.13. The predicted octanol–water partition coefficient (Wildman–Crippen LogP) is 1.89. The number of hydrogen-bond donors (Lipinski definition) is 1. The number of thiocarbonyl (C=S) groups is 1. The topological polar surface area (TPSA) is 44.5 Å². The van der Waals surface area contributed by atoms with Gasteiger partial charge in [-0.3, -0.25) is 0 Å². The van der Waals surface area contributed by atoms with E-state index in [2.05, 4.69) is 0 Å². The lowest BCUT2D eigenvalue weighted by molar-refractivity contribution is 0.0968. The van der Waals surface area contributed by atoms with Crippen molar-refractivity contribution in [3.8, 4) is 5.75 Å². The van der Waals surface area contributed by atoms with Crippen LogP contribution in [0.5, 0.6) is 5.75 Å². The van der Waals surface area contributed by atoms with Gasteiger partial charge < -0.3 is 15.2 Å². The lowest BCUT2D eigenvalue weighted by Crippen LogP contribution is -2.26. The Labute approximate surface area is 95.2 Å². The number of rotatable bonds is 5. The average Bonchev–Trinajstić information content (AvgIpc) is 2.26. The summed E-state index contributed by atoms with van der Waals surface area (Å²) in [5.74, 6) is 0.834. The van der Waals surface area contributed by atoms with Crippen molar-refractivity contribution in [2.24, 2.45) is 5.73 Å². The second kappa shape index (κ2) is 5.68. The molecule has 1 unspecified atom stereocenters. The van der Waals surface area contributed by atoms with Crippen LogP contribution in [0.3, 0.4) is 0 Å². The molecule has 0 aliphatic heterocycles. The van der Waals surface area contributed by atoms with Gasteiger partial charge in [-0.05, 0) is 24.6 Å². The van der Waals surface area contributed by atoms with Crippen LogP contribution >= 0.6 is 12.2 Å². The SMILES string of the molecule is COc1ccc(COC(C)C(N)=S)cc1. The lowest BCUT2D eigenvalue weighted by atomic mass is 10.2. The van der Waals surface area contributed by atoms with Crippen LogP contribution in [-0.2, 0) is 11.3 Å². The highest BCUT2D eigenvalue weighted by Crippen LogP contribution is 2.12. The number of ether oxygens (including phenoxy) is 2. The number of nitrogens with two attached hydrogens (primary N) is 1. The van der Waals surface area contributed by atoms with Gasteiger partial charge in [0.1, 0.15) is 16.8 Å². The van der Waals surface area contributed by atoms with Crippen LogP contribution in [0.2, 0.25) is 0 Å². The van der Waals surface area contributed by atoms with Crippen LogP contribution in [0, 0.1) is 0 Å². The molecule has 0 fully saturated rings. The molecule has 0 saturated heterocycles. The van der Waals surface area contributed by atoms with Gasteiger partial charge in [0.15, 0.2) is 0 Å². The van der Waals surface area contributed by atoms with Gasteiger partial charge in [0.25, 0.3) is 0 Å². The summed E-state index contributed by atoms with van der Waals surface area (Å²) in [6, 6.07) is 7.69. The van der Waals surface area contributed by atoms with Crippen LogP contribution in [0.25, 0.3) is 0 Å². The Morgan fingerprint density at radius 3 is 2.47 bits per heavy atom. The minimum absolute atomic E-state index is 0.192. The van der Waals surface area contributed by atoms with E-state index in [4.69, 9.17) is 27.4 Å². The zero-order valence-electron chi connectivity index (χ0n) is 8.90. The summed E-state index contributed by atoms with van der Waals surface area (Å²) in [5.41, 5.74) is 6.50. The van der Waals surface area contributed by atoms with Gasteiger partial charge in [0.05, 0.1) is 13.7 Å². The van der Waals surface area contributed by atoms with E-state index in [-0.39, 0.29) is 6.10 Å². The molecule has 0 amide bonds. The highest BCUT2D eigenvalue weighted by atomic mass is 32.1. The van der Waals surface area contributed by atoms with Gasteiger partial charge in [-0.15, -0.1) is 0 Å². The molecule has 0 heterocycles. The van der Waals surface area contributed by atoms with Crippen molar-refractivity contribution >= 4 is 17.2 Å². The Hall–Kier alpha value is -1.13. The molecule has 0 saturated carbocycles. The van der Waals surface area contributed by atoms with E-state index >= 15 is 0 Å². The van der Waals surface area contributed by atoms with Crippen LogP contribution in [0.15, 0.2) is 24.3 Å². The third kappa shape index (κ3) is 3.85. The van der Waals surface area contributed by atoms with E-state index in [1.807, 2.05) is 31.2 Å². The fourth-order valence-electron chi connectivity index (χ4n) is 1.03. The quantitative estimate of drug-likeness (QED) is 0.777. The van der Waals surface area contributed by atoms with Gasteiger partial charge in [0.2, 0.25) is 0 Å². The van der Waals surface area contributed by atoms with Crippen molar-refractivity contribution in [1.82, 2.24) is 0 Å². The van der Waals surface area contributed by atoms with Gasteiger partial charge in [0, 0.05) is 0 Å². The average molecular weight is 225 g/mol. The van der Waals surface area contributed by atoms with Gasteiger partial charge >= 0.3 is 0 Å². The van der Waals surface area contributed by atoms with Crippen molar-refractivity contribution < 1.29 is 9.47 Å². The van der Waals surface area contributed by atoms with Crippen molar-refractivity contribution in [2.75, 3.05) is 7.11 Å². The highest BCUT2D eigenvalue weighted by molar-refractivity contribution is 7.80. The molecule has 15 heavy (non-hydrogen) atoms. The highest BCUT2D eigenvalue weighted by Gasteiger charge is 2.04. The second-order valence-electron chi connectivity index (χ2n) is 3.20. The normalized spacial score (nSPS) is 12.1. The molecule has 0 aromatic heterocycles. The maximum Gasteiger partial charge on any atom is 0.118 e. The number of methoxy groups -OCH3 is 1. The molecule has 1 aromatic rings. The number of hydrogen-bond acceptors (Lipinski definition) is 3. The standard InChI is InChI=1S/C11H15NO2S/c1-8(11(12)15)14-7-9-3-5-10(13-2)6-4-9/h3-6,8H,7H2,1-2H3,(H2,12,15). The second-order valence-corrected chi connectivity index (χ2v) is 3.68. The number of benzene rings is 1. The summed E-state index contributed by atoms with van der Waals surface area (Å²) >= 11 is 4.81. The van der Waals surface area contributed by atoms with Gasteiger partial charge in [-0.2, -0.15) is 0 Å². The molecule has 2 N–H and O–H groups in total. The molecule has 0 bridgehead atoms. The Morgan fingerprint density at radius 2 is 2.00 bits per heavy atom. The Morgan fingerprint density at radius 1 is 1.40 bits per heavy atom. The zero-order chi connectivity index (χ0) is 11.3. The van der Waals surface area contributed by atoms with E-state index in [1.54, 1.807) is 7.11 Å². The molecule has 0 spiro atoms. The third-order valence-electron chi connectivity index (χ3n) is 2.06. The van der Waals surface area contributed by atoms with Gasteiger partial charge in [-0.25, -0.2) is 0 Å². The smallest absolute Gasteiger partial charge is 0.118 e. The summed E-state index contributed by atoms with van der Waals surface area (Å²) in [7, 11) is 1.64. The van der Waals surface area contributed by atoms with E-state index in [0.717, 1.165) is 11.3 Å². The van der Waals surface area contributed by atoms with Gasteiger partial charge in [-0.1, -0.05) is 24.4 Å². The predicted molar refractivity (Wildman–Crippen MR) is 64.0 cm³/mol. The first kappa shape index (κ1) is 11.9. The molecule has 4 heteroatoms. The fraction of sp³-hybridized carbons (Fsp3) is 0.364. The van der Waals surface area contributed by atoms with E-state index in [0.29, 0.717) is 11.6 Å². The van der Waals surface area contributed by atoms with Crippen LogP contribution in [0.1, 0.15) is 12.5 Å². The van der Waals surface area contributed by atoms with Crippen molar-refractivity contribution in [1.29, 1.82) is 0 Å². The lowest BCUT2D eigenvalue weighted by Gasteiger charge is -2.11. The Kier molecular flexibility index (Phi) is 4.52.